The SMILES string of the molecule is CC(Oc1cccc(Br)c1)C(=O)NNC(=O)C1CCN(c2ccc(Cl)cn2)CC1. The summed E-state index contributed by atoms with van der Waals surface area (Å²) in [6, 6.07) is 10.9. The van der Waals surface area contributed by atoms with E-state index in [0.717, 1.165) is 10.3 Å². The Bertz CT molecular complexity index is 857. The Kier molecular flexibility index (Phi) is 7.33. The van der Waals surface area contributed by atoms with Crippen molar-refractivity contribution in [3.8, 4) is 5.75 Å². The predicted octanol–water partition coefficient (Wildman–Crippen LogP) is 3.33. The third-order valence-electron chi connectivity index (χ3n) is 4.69. The Morgan fingerprint density at radius 3 is 2.66 bits per heavy atom. The lowest BCUT2D eigenvalue weighted by atomic mass is 9.96. The largest absolute Gasteiger partial charge is 0.481 e. The first-order chi connectivity index (χ1) is 13.9. The molecule has 0 saturated carbocycles. The predicted molar refractivity (Wildman–Crippen MR) is 115 cm³/mol. The first kappa shape index (κ1) is 21.4. The number of carbonyl (C=O) groups excluding carboxylic acids is 2. The zero-order valence-corrected chi connectivity index (χ0v) is 18.2. The molecule has 1 atom stereocenters. The number of nitrogens with zero attached hydrogens (tertiary/aromatic N) is 2. The van der Waals surface area contributed by atoms with Gasteiger partial charge in [0.05, 0.1) is 5.02 Å². The molecule has 1 aromatic heterocycles. The van der Waals surface area contributed by atoms with E-state index >= 15 is 0 Å². The minimum absolute atomic E-state index is 0.167. The summed E-state index contributed by atoms with van der Waals surface area (Å²) >= 11 is 9.22. The highest BCUT2D eigenvalue weighted by Crippen LogP contribution is 2.23. The molecule has 1 aliphatic rings. The second-order valence-corrected chi connectivity index (χ2v) is 8.14. The van der Waals surface area contributed by atoms with E-state index in [1.54, 1.807) is 31.3 Å². The van der Waals surface area contributed by atoms with Gasteiger partial charge in [0.1, 0.15) is 11.6 Å². The van der Waals surface area contributed by atoms with Crippen LogP contribution in [-0.4, -0.2) is 36.0 Å². The molecule has 1 saturated heterocycles. The van der Waals surface area contributed by atoms with Crippen molar-refractivity contribution in [2.24, 2.45) is 5.92 Å². The van der Waals surface area contributed by atoms with Gasteiger partial charge in [0.15, 0.2) is 6.10 Å². The number of pyridine rings is 1. The summed E-state index contributed by atoms with van der Waals surface area (Å²) in [6.07, 6.45) is 2.22. The van der Waals surface area contributed by atoms with Crippen LogP contribution in [0.15, 0.2) is 47.1 Å². The van der Waals surface area contributed by atoms with Gasteiger partial charge < -0.3 is 9.64 Å². The fourth-order valence-electron chi connectivity index (χ4n) is 3.05. The Balaban J connectivity index is 1.42. The normalized spacial score (nSPS) is 15.5. The highest BCUT2D eigenvalue weighted by Gasteiger charge is 2.26. The molecule has 3 rings (SSSR count). The number of ether oxygens (including phenoxy) is 1. The maximum atomic E-state index is 12.4. The number of benzene rings is 1. The van der Waals surface area contributed by atoms with E-state index in [1.165, 1.54) is 0 Å². The molecule has 0 spiro atoms. The summed E-state index contributed by atoms with van der Waals surface area (Å²) in [4.78, 5) is 31.0. The zero-order valence-electron chi connectivity index (χ0n) is 15.9. The van der Waals surface area contributed by atoms with Gasteiger partial charge in [0.25, 0.3) is 5.91 Å². The molecular weight excluding hydrogens is 460 g/mol. The summed E-state index contributed by atoms with van der Waals surface area (Å²) in [7, 11) is 0. The fourth-order valence-corrected chi connectivity index (χ4v) is 3.54. The van der Waals surface area contributed by atoms with Gasteiger partial charge >= 0.3 is 0 Å². The quantitative estimate of drug-likeness (QED) is 0.640. The van der Waals surface area contributed by atoms with Gasteiger partial charge in [-0.3, -0.25) is 20.4 Å². The first-order valence-corrected chi connectivity index (χ1v) is 10.5. The minimum Gasteiger partial charge on any atom is -0.481 e. The molecule has 2 N–H and O–H groups in total. The van der Waals surface area contributed by atoms with Crippen molar-refractivity contribution in [2.75, 3.05) is 18.0 Å². The van der Waals surface area contributed by atoms with E-state index in [9.17, 15) is 9.59 Å². The molecule has 29 heavy (non-hydrogen) atoms. The van der Waals surface area contributed by atoms with Gasteiger partial charge in [0, 0.05) is 29.7 Å². The lowest BCUT2D eigenvalue weighted by Gasteiger charge is -2.32. The molecule has 2 aromatic rings. The minimum atomic E-state index is -0.748. The van der Waals surface area contributed by atoms with Gasteiger partial charge in [0.2, 0.25) is 5.91 Å². The summed E-state index contributed by atoms with van der Waals surface area (Å²) in [5.41, 5.74) is 4.96. The topological polar surface area (TPSA) is 83.6 Å². The number of nitrogens with one attached hydrogen (secondary N) is 2. The van der Waals surface area contributed by atoms with Crippen LogP contribution in [0.5, 0.6) is 5.75 Å². The fraction of sp³-hybridized carbons (Fsp3) is 0.350. The van der Waals surface area contributed by atoms with E-state index in [4.69, 9.17) is 16.3 Å². The van der Waals surface area contributed by atoms with Crippen molar-refractivity contribution >= 4 is 45.2 Å². The molecule has 1 aliphatic heterocycles. The van der Waals surface area contributed by atoms with Crippen LogP contribution in [0.25, 0.3) is 0 Å². The van der Waals surface area contributed by atoms with Crippen molar-refractivity contribution in [1.29, 1.82) is 0 Å². The van der Waals surface area contributed by atoms with Crippen LogP contribution in [0, 0.1) is 5.92 Å². The maximum Gasteiger partial charge on any atom is 0.279 e. The van der Waals surface area contributed by atoms with E-state index in [2.05, 4.69) is 36.7 Å². The number of anilines is 1. The van der Waals surface area contributed by atoms with Crippen LogP contribution in [0.3, 0.4) is 0 Å². The monoisotopic (exact) mass is 480 g/mol. The van der Waals surface area contributed by atoms with Gasteiger partial charge in [-0.15, -0.1) is 0 Å². The number of halogens is 2. The van der Waals surface area contributed by atoms with Crippen LogP contribution in [0.4, 0.5) is 5.82 Å². The average Bonchev–Trinajstić information content (AvgIpc) is 2.72. The standard InChI is InChI=1S/C20H22BrClN4O3/c1-13(29-17-4-2-3-15(21)11-17)19(27)24-25-20(28)14-7-9-26(10-8-14)18-6-5-16(22)12-23-18/h2-6,11-14H,7-10H2,1H3,(H,24,27)(H,25,28). The first-order valence-electron chi connectivity index (χ1n) is 9.31. The summed E-state index contributed by atoms with van der Waals surface area (Å²) in [5.74, 6) is 0.634. The third-order valence-corrected chi connectivity index (χ3v) is 5.41. The highest BCUT2D eigenvalue weighted by molar-refractivity contribution is 9.10. The summed E-state index contributed by atoms with van der Waals surface area (Å²) < 4.78 is 6.45. The van der Waals surface area contributed by atoms with Gasteiger partial charge in [-0.2, -0.15) is 0 Å². The molecule has 1 unspecified atom stereocenters. The van der Waals surface area contributed by atoms with Crippen molar-refractivity contribution in [2.45, 2.75) is 25.9 Å². The second kappa shape index (κ2) is 9.93. The summed E-state index contributed by atoms with van der Waals surface area (Å²) in [5, 5.41) is 0.594. The number of aromatic nitrogens is 1. The molecule has 7 nitrogen and oxygen atoms in total. The van der Waals surface area contributed by atoms with Gasteiger partial charge in [-0.1, -0.05) is 33.6 Å². The number of hydrogen-bond acceptors (Lipinski definition) is 5. The van der Waals surface area contributed by atoms with Crippen LogP contribution < -0.4 is 20.5 Å². The molecule has 2 heterocycles. The van der Waals surface area contributed by atoms with Crippen molar-refractivity contribution < 1.29 is 14.3 Å². The van der Waals surface area contributed by atoms with Crippen molar-refractivity contribution in [3.63, 3.8) is 0 Å². The van der Waals surface area contributed by atoms with E-state index in [-0.39, 0.29) is 11.8 Å². The summed E-state index contributed by atoms with van der Waals surface area (Å²) in [6.45, 7) is 3.05. The number of amides is 2. The van der Waals surface area contributed by atoms with Crippen LogP contribution in [0.2, 0.25) is 5.02 Å². The average molecular weight is 482 g/mol. The van der Waals surface area contributed by atoms with Gasteiger partial charge in [-0.05, 0) is 50.1 Å². The molecule has 0 aliphatic carbocycles. The molecule has 1 fully saturated rings. The number of hydrogen-bond donors (Lipinski definition) is 2. The van der Waals surface area contributed by atoms with Crippen LogP contribution >= 0.6 is 27.5 Å². The second-order valence-electron chi connectivity index (χ2n) is 6.79. The van der Waals surface area contributed by atoms with Crippen LogP contribution in [0.1, 0.15) is 19.8 Å². The lowest BCUT2D eigenvalue weighted by Crippen LogP contribution is -2.50. The Hall–Kier alpha value is -2.32. The molecule has 1 aromatic carbocycles. The Labute approximate surface area is 182 Å². The lowest BCUT2D eigenvalue weighted by molar-refractivity contribution is -0.134. The molecule has 0 radical (unpaired) electrons. The Morgan fingerprint density at radius 1 is 1.24 bits per heavy atom. The third kappa shape index (κ3) is 6.08. The number of rotatable bonds is 5. The number of piperidine rings is 1. The van der Waals surface area contributed by atoms with E-state index in [0.29, 0.717) is 36.7 Å². The molecule has 9 heteroatoms. The zero-order chi connectivity index (χ0) is 20.8. The highest BCUT2D eigenvalue weighted by atomic mass is 79.9. The van der Waals surface area contributed by atoms with E-state index < -0.39 is 12.0 Å². The number of carbonyl (C=O) groups is 2. The molecule has 0 bridgehead atoms. The number of hydrazine groups is 1. The van der Waals surface area contributed by atoms with E-state index in [1.807, 2.05) is 18.2 Å². The molecule has 2 amide bonds. The molecular formula is C20H22BrClN4O3. The molecule has 154 valence electrons. The maximum absolute atomic E-state index is 12.4. The van der Waals surface area contributed by atoms with Gasteiger partial charge in [-0.25, -0.2) is 4.98 Å². The van der Waals surface area contributed by atoms with Crippen LogP contribution in [-0.2, 0) is 9.59 Å². The Morgan fingerprint density at radius 2 is 2.00 bits per heavy atom. The smallest absolute Gasteiger partial charge is 0.279 e. The van der Waals surface area contributed by atoms with Crippen molar-refractivity contribution in [3.05, 3.63) is 52.1 Å². The van der Waals surface area contributed by atoms with Crippen molar-refractivity contribution in [1.82, 2.24) is 15.8 Å².